The van der Waals surface area contributed by atoms with E-state index in [1.807, 2.05) is 30.3 Å². The van der Waals surface area contributed by atoms with Gasteiger partial charge in [0.05, 0.1) is 14.2 Å². The molecule has 0 saturated carbocycles. The highest BCUT2D eigenvalue weighted by atomic mass is 16.6. The lowest BCUT2D eigenvalue weighted by atomic mass is 10.0. The van der Waals surface area contributed by atoms with Gasteiger partial charge in [-0.05, 0) is 37.1 Å². The van der Waals surface area contributed by atoms with Crippen molar-refractivity contribution in [3.63, 3.8) is 0 Å². The van der Waals surface area contributed by atoms with Crippen LogP contribution in [0.25, 0.3) is 0 Å². The van der Waals surface area contributed by atoms with E-state index in [9.17, 15) is 9.90 Å². The summed E-state index contributed by atoms with van der Waals surface area (Å²) >= 11 is 0. The second kappa shape index (κ2) is 10.6. The van der Waals surface area contributed by atoms with Gasteiger partial charge in [0.1, 0.15) is 29.9 Å². The molecule has 3 N–H and O–H groups in total. The Labute approximate surface area is 193 Å². The lowest BCUT2D eigenvalue weighted by molar-refractivity contribution is -0.0108. The summed E-state index contributed by atoms with van der Waals surface area (Å²) in [6.45, 7) is 1.91. The van der Waals surface area contributed by atoms with E-state index in [1.54, 1.807) is 31.3 Å². The topological polar surface area (TPSA) is 102 Å². The summed E-state index contributed by atoms with van der Waals surface area (Å²) in [4.78, 5) is 14.6. The number of urea groups is 1. The van der Waals surface area contributed by atoms with Crippen molar-refractivity contribution in [1.82, 2.24) is 10.2 Å². The number of likely N-dealkylation sites (tertiary alicyclic amines) is 1. The number of rotatable bonds is 7. The molecule has 2 aliphatic rings. The van der Waals surface area contributed by atoms with Gasteiger partial charge in [-0.25, -0.2) is 4.79 Å². The highest BCUT2D eigenvalue weighted by molar-refractivity contribution is 5.93. The standard InChI is InChI=1S/C24H31N3O6/c1-30-20-8-5-9-21(31-2)23(20)26-24(29)27-12-10-16(11-13-27)25-14-17(28)22-15-32-18-6-3-4-7-19(18)33-22/h3-9,16-17,22,25,28H,10-15H2,1-2H3,(H,26,29). The fourth-order valence-electron chi connectivity index (χ4n) is 4.09. The van der Waals surface area contributed by atoms with E-state index in [0.29, 0.717) is 54.9 Å². The molecule has 4 rings (SSSR count). The van der Waals surface area contributed by atoms with Gasteiger partial charge in [-0.3, -0.25) is 0 Å². The third-order valence-corrected chi connectivity index (χ3v) is 6.02. The fraction of sp³-hybridized carbons (Fsp3) is 0.458. The summed E-state index contributed by atoms with van der Waals surface area (Å²) in [7, 11) is 3.11. The molecule has 0 spiro atoms. The number of amides is 2. The Morgan fingerprint density at radius 1 is 1.09 bits per heavy atom. The van der Waals surface area contributed by atoms with Gasteiger partial charge in [0, 0.05) is 25.7 Å². The largest absolute Gasteiger partial charge is 0.494 e. The zero-order valence-electron chi connectivity index (χ0n) is 19.0. The quantitative estimate of drug-likeness (QED) is 0.587. The molecule has 1 saturated heterocycles. The molecule has 9 heteroatoms. The molecule has 2 heterocycles. The van der Waals surface area contributed by atoms with Crippen LogP contribution < -0.4 is 29.6 Å². The minimum Gasteiger partial charge on any atom is -0.494 e. The molecule has 1 fully saturated rings. The van der Waals surface area contributed by atoms with E-state index in [1.165, 1.54) is 0 Å². The number of hydrogen-bond acceptors (Lipinski definition) is 7. The predicted molar refractivity (Wildman–Crippen MR) is 124 cm³/mol. The number of carbonyl (C=O) groups is 1. The number of benzene rings is 2. The first-order valence-electron chi connectivity index (χ1n) is 11.2. The first kappa shape index (κ1) is 23.0. The van der Waals surface area contributed by atoms with Gasteiger partial charge in [0.2, 0.25) is 0 Å². The maximum atomic E-state index is 12.8. The lowest BCUT2D eigenvalue weighted by Crippen LogP contribution is -2.50. The van der Waals surface area contributed by atoms with E-state index in [2.05, 4.69) is 10.6 Å². The Balaban J connectivity index is 1.23. The van der Waals surface area contributed by atoms with Crippen LogP contribution in [0.5, 0.6) is 23.0 Å². The minimum atomic E-state index is -0.697. The number of carbonyl (C=O) groups excluding carboxylic acids is 1. The Bertz CT molecular complexity index is 925. The number of hydrogen-bond donors (Lipinski definition) is 3. The number of anilines is 1. The third-order valence-electron chi connectivity index (χ3n) is 6.02. The van der Waals surface area contributed by atoms with Crippen molar-refractivity contribution in [1.29, 1.82) is 0 Å². The van der Waals surface area contributed by atoms with E-state index >= 15 is 0 Å². The van der Waals surface area contributed by atoms with Crippen LogP contribution in [0, 0.1) is 0 Å². The van der Waals surface area contributed by atoms with Crippen LogP contribution in [0.1, 0.15) is 12.8 Å². The molecule has 0 aliphatic carbocycles. The van der Waals surface area contributed by atoms with Crippen molar-refractivity contribution in [3.05, 3.63) is 42.5 Å². The number of fused-ring (bicyclic) bond motifs is 1. The molecule has 0 radical (unpaired) electrons. The van der Waals surface area contributed by atoms with Gasteiger partial charge in [0.15, 0.2) is 17.6 Å². The van der Waals surface area contributed by atoms with Crippen molar-refractivity contribution in [2.75, 3.05) is 45.8 Å². The van der Waals surface area contributed by atoms with Crippen molar-refractivity contribution in [3.8, 4) is 23.0 Å². The molecular formula is C24H31N3O6. The van der Waals surface area contributed by atoms with E-state index in [4.69, 9.17) is 18.9 Å². The first-order chi connectivity index (χ1) is 16.1. The van der Waals surface area contributed by atoms with Crippen LogP contribution in [0.2, 0.25) is 0 Å². The maximum Gasteiger partial charge on any atom is 0.322 e. The molecule has 2 aliphatic heterocycles. The molecule has 2 amide bonds. The molecular weight excluding hydrogens is 426 g/mol. The number of piperidine rings is 1. The molecule has 0 aromatic heterocycles. The highest BCUT2D eigenvalue weighted by Crippen LogP contribution is 2.34. The summed E-state index contributed by atoms with van der Waals surface area (Å²) in [5, 5.41) is 16.9. The van der Waals surface area contributed by atoms with Crippen molar-refractivity contribution in [2.45, 2.75) is 31.1 Å². The van der Waals surface area contributed by atoms with Crippen molar-refractivity contribution < 1.29 is 28.8 Å². The second-order valence-corrected chi connectivity index (χ2v) is 8.12. The van der Waals surface area contributed by atoms with Crippen LogP contribution in [-0.2, 0) is 0 Å². The minimum absolute atomic E-state index is 0.192. The van der Waals surface area contributed by atoms with E-state index in [-0.39, 0.29) is 12.1 Å². The SMILES string of the molecule is COc1cccc(OC)c1NC(=O)N1CCC(NCC(O)C2COc3ccccc3O2)CC1. The summed E-state index contributed by atoms with van der Waals surface area (Å²) in [6.07, 6.45) is 0.453. The highest BCUT2D eigenvalue weighted by Gasteiger charge is 2.29. The molecule has 2 aromatic carbocycles. The molecule has 2 atom stereocenters. The lowest BCUT2D eigenvalue weighted by Gasteiger charge is -2.34. The van der Waals surface area contributed by atoms with Crippen LogP contribution >= 0.6 is 0 Å². The second-order valence-electron chi connectivity index (χ2n) is 8.12. The number of nitrogens with one attached hydrogen (secondary N) is 2. The Morgan fingerprint density at radius 2 is 1.76 bits per heavy atom. The summed E-state index contributed by atoms with van der Waals surface area (Å²) in [5.74, 6) is 2.44. The van der Waals surface area contributed by atoms with Crippen LogP contribution in [-0.4, -0.2) is 74.7 Å². The normalized spacial score (nSPS) is 19.0. The summed E-state index contributed by atoms with van der Waals surface area (Å²) < 4.78 is 22.3. The van der Waals surface area contributed by atoms with Gasteiger partial charge in [-0.15, -0.1) is 0 Å². The number of methoxy groups -OCH3 is 2. The van der Waals surface area contributed by atoms with Crippen molar-refractivity contribution >= 4 is 11.7 Å². The molecule has 0 bridgehead atoms. The van der Waals surface area contributed by atoms with E-state index < -0.39 is 12.2 Å². The van der Waals surface area contributed by atoms with Crippen LogP contribution in [0.15, 0.2) is 42.5 Å². The van der Waals surface area contributed by atoms with Crippen molar-refractivity contribution in [2.24, 2.45) is 0 Å². The van der Waals surface area contributed by atoms with Gasteiger partial charge >= 0.3 is 6.03 Å². The monoisotopic (exact) mass is 457 g/mol. The smallest absolute Gasteiger partial charge is 0.322 e. The average molecular weight is 458 g/mol. The number of para-hydroxylation sites is 3. The number of aliphatic hydroxyl groups is 1. The Kier molecular flexibility index (Phi) is 7.41. The van der Waals surface area contributed by atoms with Gasteiger partial charge in [0.25, 0.3) is 0 Å². The first-order valence-corrected chi connectivity index (χ1v) is 11.2. The molecule has 9 nitrogen and oxygen atoms in total. The van der Waals surface area contributed by atoms with E-state index in [0.717, 1.165) is 12.8 Å². The van der Waals surface area contributed by atoms with Gasteiger partial charge in [-0.1, -0.05) is 18.2 Å². The molecule has 33 heavy (non-hydrogen) atoms. The van der Waals surface area contributed by atoms with Crippen LogP contribution in [0.3, 0.4) is 0 Å². The van der Waals surface area contributed by atoms with Gasteiger partial charge in [-0.2, -0.15) is 0 Å². The number of ether oxygens (including phenoxy) is 4. The summed E-state index contributed by atoms with van der Waals surface area (Å²) in [5.41, 5.74) is 0.521. The molecule has 178 valence electrons. The number of aliphatic hydroxyl groups excluding tert-OH is 1. The predicted octanol–water partition coefficient (Wildman–Crippen LogP) is 2.49. The fourth-order valence-corrected chi connectivity index (χ4v) is 4.09. The third kappa shape index (κ3) is 5.43. The Morgan fingerprint density at radius 3 is 2.42 bits per heavy atom. The number of nitrogens with zero attached hydrogens (tertiary/aromatic N) is 1. The van der Waals surface area contributed by atoms with Gasteiger partial charge < -0.3 is 39.6 Å². The Hall–Kier alpha value is -3.17. The average Bonchev–Trinajstić information content (AvgIpc) is 2.87. The molecule has 2 unspecified atom stereocenters. The van der Waals surface area contributed by atoms with Crippen LogP contribution in [0.4, 0.5) is 10.5 Å². The zero-order valence-corrected chi connectivity index (χ0v) is 19.0. The summed E-state index contributed by atoms with van der Waals surface area (Å²) in [6, 6.07) is 12.8. The maximum absolute atomic E-state index is 12.8. The molecule has 2 aromatic rings. The zero-order chi connectivity index (χ0) is 23.2.